The van der Waals surface area contributed by atoms with Gasteiger partial charge in [-0.2, -0.15) is 0 Å². The van der Waals surface area contributed by atoms with Crippen molar-refractivity contribution in [3.05, 3.63) is 72.0 Å². The summed E-state index contributed by atoms with van der Waals surface area (Å²) in [7, 11) is 0. The van der Waals surface area contributed by atoms with Gasteiger partial charge in [-0.15, -0.1) is 0 Å². The van der Waals surface area contributed by atoms with Crippen LogP contribution in [-0.2, 0) is 4.79 Å². The van der Waals surface area contributed by atoms with E-state index in [1.165, 1.54) is 23.9 Å². The summed E-state index contributed by atoms with van der Waals surface area (Å²) in [6.07, 6.45) is 0.328. The number of hydrogen-bond acceptors (Lipinski definition) is 3. The fraction of sp³-hybridized carbons (Fsp3) is 0. The Morgan fingerprint density at radius 2 is 1.59 bits per heavy atom. The molecule has 0 aliphatic rings. The van der Waals surface area contributed by atoms with Crippen LogP contribution in [0.3, 0.4) is 0 Å². The first kappa shape index (κ1) is 14.5. The van der Waals surface area contributed by atoms with E-state index in [0.717, 1.165) is 20.6 Å². The molecule has 3 rings (SSSR count). The molecule has 2 nitrogen and oxygen atoms in total. The summed E-state index contributed by atoms with van der Waals surface area (Å²) in [4.78, 5) is 24.3. The first-order valence-electron chi connectivity index (χ1n) is 6.64. The van der Waals surface area contributed by atoms with Gasteiger partial charge in [0.25, 0.3) is 0 Å². The topological polar surface area (TPSA) is 34.1 Å². The van der Waals surface area contributed by atoms with Crippen molar-refractivity contribution < 1.29 is 14.0 Å². The van der Waals surface area contributed by atoms with Gasteiger partial charge < -0.3 is 0 Å². The van der Waals surface area contributed by atoms with Crippen LogP contribution in [0.1, 0.15) is 10.4 Å². The third-order valence-corrected chi connectivity index (χ3v) is 4.38. The van der Waals surface area contributed by atoms with Gasteiger partial charge in [-0.1, -0.05) is 36.0 Å². The molecule has 0 aromatic heterocycles. The van der Waals surface area contributed by atoms with E-state index >= 15 is 0 Å². The first-order valence-corrected chi connectivity index (χ1v) is 7.45. The first-order chi connectivity index (χ1) is 10.7. The summed E-state index contributed by atoms with van der Waals surface area (Å²) in [5.41, 5.74) is 0.397. The average molecular weight is 310 g/mol. The maximum atomic E-state index is 13.0. The largest absolute Gasteiger partial charge is 0.294 e. The Bertz CT molecular complexity index is 857. The Labute approximate surface area is 131 Å². The fourth-order valence-electron chi connectivity index (χ4n) is 2.27. The highest BCUT2D eigenvalue weighted by atomic mass is 32.2. The minimum Gasteiger partial charge on any atom is -0.294 e. The van der Waals surface area contributed by atoms with Crippen molar-refractivity contribution in [1.82, 2.24) is 0 Å². The second kappa shape index (κ2) is 6.12. The predicted octanol–water partition coefficient (Wildman–Crippen LogP) is 4.51. The van der Waals surface area contributed by atoms with E-state index in [1.807, 2.05) is 30.3 Å². The van der Waals surface area contributed by atoms with Crippen LogP contribution in [0, 0.1) is 5.82 Å². The van der Waals surface area contributed by atoms with Gasteiger partial charge >= 0.3 is 0 Å². The van der Waals surface area contributed by atoms with Crippen LogP contribution in [0.15, 0.2) is 70.5 Å². The van der Waals surface area contributed by atoms with Gasteiger partial charge in [-0.05, 0) is 47.2 Å². The summed E-state index contributed by atoms with van der Waals surface area (Å²) in [6.45, 7) is 0. The third-order valence-electron chi connectivity index (χ3n) is 3.30. The second-order valence-electron chi connectivity index (χ2n) is 4.69. The molecule has 3 aromatic rings. The van der Waals surface area contributed by atoms with E-state index in [4.69, 9.17) is 0 Å². The number of fused-ring (bicyclic) bond motifs is 1. The predicted molar refractivity (Wildman–Crippen MR) is 84.9 cm³/mol. The summed E-state index contributed by atoms with van der Waals surface area (Å²) in [5.74, 6) is -0.810. The highest BCUT2D eigenvalue weighted by molar-refractivity contribution is 7.99. The Hall–Kier alpha value is -2.46. The molecular weight excluding hydrogens is 299 g/mol. The van der Waals surface area contributed by atoms with Gasteiger partial charge in [-0.3, -0.25) is 9.59 Å². The normalized spacial score (nSPS) is 10.6. The second-order valence-corrected chi connectivity index (χ2v) is 5.81. The molecule has 22 heavy (non-hydrogen) atoms. The maximum absolute atomic E-state index is 13.0. The van der Waals surface area contributed by atoms with Crippen molar-refractivity contribution in [1.29, 1.82) is 0 Å². The molecule has 0 saturated carbocycles. The number of aldehydes is 1. The number of hydrogen-bond donors (Lipinski definition) is 0. The molecule has 0 atom stereocenters. The molecule has 0 radical (unpaired) electrons. The number of Topliss-reactive ketones (excluding diaryl/α,β-unsaturated/α-hetero) is 1. The van der Waals surface area contributed by atoms with Crippen molar-refractivity contribution in [2.45, 2.75) is 9.79 Å². The molecule has 0 aliphatic heterocycles. The van der Waals surface area contributed by atoms with Crippen molar-refractivity contribution in [3.63, 3.8) is 0 Å². The quantitative estimate of drug-likeness (QED) is 0.404. The maximum Gasteiger partial charge on any atom is 0.225 e. The zero-order chi connectivity index (χ0) is 15.5. The van der Waals surface area contributed by atoms with E-state index in [-0.39, 0.29) is 5.82 Å². The lowest BCUT2D eigenvalue weighted by Gasteiger charge is -2.09. The highest BCUT2D eigenvalue weighted by Crippen LogP contribution is 2.35. The molecule has 4 heteroatoms. The lowest BCUT2D eigenvalue weighted by Crippen LogP contribution is -2.01. The zero-order valence-corrected chi connectivity index (χ0v) is 12.3. The van der Waals surface area contributed by atoms with Crippen LogP contribution >= 0.6 is 11.8 Å². The van der Waals surface area contributed by atoms with Gasteiger partial charge in [0.05, 0.1) is 0 Å². The Kier molecular flexibility index (Phi) is 4.02. The fourth-order valence-corrected chi connectivity index (χ4v) is 3.22. The van der Waals surface area contributed by atoms with Crippen LogP contribution in [-0.4, -0.2) is 12.1 Å². The summed E-state index contributed by atoms with van der Waals surface area (Å²) in [6, 6.07) is 17.1. The third kappa shape index (κ3) is 2.78. The van der Waals surface area contributed by atoms with Crippen LogP contribution in [0.5, 0.6) is 0 Å². The summed E-state index contributed by atoms with van der Waals surface area (Å²) >= 11 is 1.49. The van der Waals surface area contributed by atoms with Gasteiger partial charge in [0.2, 0.25) is 5.78 Å². The van der Waals surface area contributed by atoms with Crippen LogP contribution in [0.4, 0.5) is 4.39 Å². The van der Waals surface area contributed by atoms with Crippen molar-refractivity contribution >= 4 is 34.6 Å². The molecule has 0 bridgehead atoms. The SMILES string of the molecule is O=CC(=O)c1ccc(Sc2ccc(F)cc2)c2ccccc12. The van der Waals surface area contributed by atoms with Gasteiger partial charge in [0, 0.05) is 15.4 Å². The van der Waals surface area contributed by atoms with Crippen LogP contribution < -0.4 is 0 Å². The number of benzene rings is 3. The Morgan fingerprint density at radius 3 is 2.27 bits per heavy atom. The molecule has 3 aromatic carbocycles. The van der Waals surface area contributed by atoms with E-state index < -0.39 is 5.78 Å². The number of carbonyl (C=O) groups excluding carboxylic acids is 2. The monoisotopic (exact) mass is 310 g/mol. The van der Waals surface area contributed by atoms with E-state index in [0.29, 0.717) is 11.8 Å². The Morgan fingerprint density at radius 1 is 0.909 bits per heavy atom. The molecule has 0 unspecified atom stereocenters. The lowest BCUT2D eigenvalue weighted by molar-refractivity contribution is -0.104. The number of carbonyl (C=O) groups is 2. The molecule has 0 aliphatic carbocycles. The molecule has 0 N–H and O–H groups in total. The molecule has 0 amide bonds. The summed E-state index contributed by atoms with van der Waals surface area (Å²) < 4.78 is 13.0. The Balaban J connectivity index is 2.09. The van der Waals surface area contributed by atoms with Gasteiger partial charge in [-0.25, -0.2) is 4.39 Å². The van der Waals surface area contributed by atoms with E-state index in [1.54, 1.807) is 18.2 Å². The highest BCUT2D eigenvalue weighted by Gasteiger charge is 2.12. The molecule has 0 fully saturated rings. The van der Waals surface area contributed by atoms with Gasteiger partial charge in [0.15, 0.2) is 6.29 Å². The molecule has 108 valence electrons. The number of ketones is 1. The average Bonchev–Trinajstić information content (AvgIpc) is 2.56. The number of halogens is 1. The minimum absolute atomic E-state index is 0.277. The smallest absolute Gasteiger partial charge is 0.225 e. The molecule has 0 spiro atoms. The molecule has 0 saturated heterocycles. The zero-order valence-electron chi connectivity index (χ0n) is 11.5. The van der Waals surface area contributed by atoms with E-state index in [2.05, 4.69) is 0 Å². The standard InChI is InChI=1S/C18H11FO2S/c19-12-5-7-13(8-6-12)22-18-10-9-15(17(21)11-20)14-3-1-2-4-16(14)18/h1-11H. The minimum atomic E-state index is -0.533. The molecular formula is C18H11FO2S. The molecule has 0 heterocycles. The van der Waals surface area contributed by atoms with Crippen molar-refractivity contribution in [2.24, 2.45) is 0 Å². The summed E-state index contributed by atoms with van der Waals surface area (Å²) in [5, 5.41) is 1.64. The van der Waals surface area contributed by atoms with Crippen molar-refractivity contribution in [3.8, 4) is 0 Å². The van der Waals surface area contributed by atoms with Crippen LogP contribution in [0.25, 0.3) is 10.8 Å². The van der Waals surface area contributed by atoms with Crippen LogP contribution in [0.2, 0.25) is 0 Å². The van der Waals surface area contributed by atoms with Crippen molar-refractivity contribution in [2.75, 3.05) is 0 Å². The van der Waals surface area contributed by atoms with Gasteiger partial charge in [0.1, 0.15) is 5.82 Å². The lowest BCUT2D eigenvalue weighted by atomic mass is 10.0. The number of rotatable bonds is 4. The van der Waals surface area contributed by atoms with E-state index in [9.17, 15) is 14.0 Å².